The van der Waals surface area contributed by atoms with Crippen molar-refractivity contribution in [1.29, 1.82) is 0 Å². The van der Waals surface area contributed by atoms with Crippen molar-refractivity contribution in [2.75, 3.05) is 6.54 Å². The molecule has 0 bridgehead atoms. The van der Waals surface area contributed by atoms with Crippen molar-refractivity contribution in [2.45, 2.75) is 32.4 Å². The Bertz CT molecular complexity index is 1070. The second-order valence-electron chi connectivity index (χ2n) is 7.69. The Balaban J connectivity index is 1.75. The zero-order valence-corrected chi connectivity index (χ0v) is 16.2. The van der Waals surface area contributed by atoms with Gasteiger partial charge in [0.1, 0.15) is 11.5 Å². The number of carboxylic acid groups (broad SMARTS) is 1. The SMILES string of the molecule is CC(CN(C(=O)c1cc2ccccc2n1Cc1ccccc1F)C1CC1)C(=O)O. The molecule has 0 saturated heterocycles. The van der Waals surface area contributed by atoms with Crippen LogP contribution in [0, 0.1) is 11.7 Å². The topological polar surface area (TPSA) is 62.5 Å². The molecule has 1 heterocycles. The average molecular weight is 394 g/mol. The molecule has 0 spiro atoms. The van der Waals surface area contributed by atoms with Crippen LogP contribution in [-0.2, 0) is 11.3 Å². The van der Waals surface area contributed by atoms with E-state index in [1.807, 2.05) is 34.9 Å². The van der Waals surface area contributed by atoms with Gasteiger partial charge in [0.15, 0.2) is 0 Å². The van der Waals surface area contributed by atoms with Crippen molar-refractivity contribution in [3.8, 4) is 0 Å². The molecule has 2 aromatic carbocycles. The van der Waals surface area contributed by atoms with E-state index in [1.54, 1.807) is 30.0 Å². The molecule has 1 atom stereocenters. The van der Waals surface area contributed by atoms with Crippen LogP contribution in [0.25, 0.3) is 10.9 Å². The molecule has 150 valence electrons. The number of fused-ring (bicyclic) bond motifs is 1. The van der Waals surface area contributed by atoms with Gasteiger partial charge in [-0.3, -0.25) is 9.59 Å². The van der Waals surface area contributed by atoms with Gasteiger partial charge >= 0.3 is 5.97 Å². The number of carbonyl (C=O) groups excluding carboxylic acids is 1. The first-order chi connectivity index (χ1) is 14.0. The van der Waals surface area contributed by atoms with Gasteiger partial charge in [-0.25, -0.2) is 4.39 Å². The van der Waals surface area contributed by atoms with E-state index in [4.69, 9.17) is 0 Å². The average Bonchev–Trinajstić information content (AvgIpc) is 3.49. The quantitative estimate of drug-likeness (QED) is 0.655. The lowest BCUT2D eigenvalue weighted by Gasteiger charge is -2.25. The monoisotopic (exact) mass is 394 g/mol. The Morgan fingerprint density at radius 3 is 2.55 bits per heavy atom. The van der Waals surface area contributed by atoms with Crippen molar-refractivity contribution in [3.63, 3.8) is 0 Å². The zero-order valence-electron chi connectivity index (χ0n) is 16.2. The van der Waals surface area contributed by atoms with E-state index in [-0.39, 0.29) is 30.9 Å². The van der Waals surface area contributed by atoms with Crippen LogP contribution in [0.5, 0.6) is 0 Å². The third kappa shape index (κ3) is 3.88. The molecule has 0 aliphatic heterocycles. The van der Waals surface area contributed by atoms with Gasteiger partial charge < -0.3 is 14.6 Å². The Morgan fingerprint density at radius 2 is 1.86 bits per heavy atom. The highest BCUT2D eigenvalue weighted by atomic mass is 19.1. The second-order valence-corrected chi connectivity index (χ2v) is 7.69. The number of benzene rings is 2. The first-order valence-corrected chi connectivity index (χ1v) is 9.81. The van der Waals surface area contributed by atoms with Gasteiger partial charge in [-0.2, -0.15) is 0 Å². The molecular formula is C23H23FN2O3. The largest absolute Gasteiger partial charge is 0.481 e. The van der Waals surface area contributed by atoms with Crippen LogP contribution in [0.15, 0.2) is 54.6 Å². The van der Waals surface area contributed by atoms with E-state index in [2.05, 4.69) is 0 Å². The Hall–Kier alpha value is -3.15. The molecule has 1 saturated carbocycles. The number of rotatable bonds is 7. The molecule has 5 nitrogen and oxygen atoms in total. The lowest BCUT2D eigenvalue weighted by atomic mass is 10.1. The number of carboxylic acids is 1. The van der Waals surface area contributed by atoms with Crippen LogP contribution in [0.1, 0.15) is 35.8 Å². The van der Waals surface area contributed by atoms with Crippen molar-refractivity contribution < 1.29 is 19.1 Å². The van der Waals surface area contributed by atoms with Gasteiger partial charge in [-0.15, -0.1) is 0 Å². The molecule has 1 amide bonds. The number of hydrogen-bond acceptors (Lipinski definition) is 2. The maximum absolute atomic E-state index is 14.3. The molecule has 4 rings (SSSR count). The summed E-state index contributed by atoms with van der Waals surface area (Å²) >= 11 is 0. The highest BCUT2D eigenvalue weighted by molar-refractivity contribution is 5.99. The van der Waals surface area contributed by atoms with Crippen molar-refractivity contribution in [1.82, 2.24) is 9.47 Å². The summed E-state index contributed by atoms with van der Waals surface area (Å²) in [5.41, 5.74) is 1.81. The van der Waals surface area contributed by atoms with Crippen molar-refractivity contribution in [3.05, 3.63) is 71.7 Å². The summed E-state index contributed by atoms with van der Waals surface area (Å²) < 4.78 is 16.1. The van der Waals surface area contributed by atoms with E-state index in [0.29, 0.717) is 11.3 Å². The Labute approximate surface area is 168 Å². The van der Waals surface area contributed by atoms with E-state index < -0.39 is 11.9 Å². The van der Waals surface area contributed by atoms with E-state index in [1.165, 1.54) is 6.07 Å². The van der Waals surface area contributed by atoms with Crippen LogP contribution < -0.4 is 0 Å². The maximum atomic E-state index is 14.3. The van der Waals surface area contributed by atoms with E-state index >= 15 is 0 Å². The maximum Gasteiger partial charge on any atom is 0.308 e. The molecule has 6 heteroatoms. The third-order valence-electron chi connectivity index (χ3n) is 5.46. The van der Waals surface area contributed by atoms with Crippen LogP contribution in [-0.4, -0.2) is 39.0 Å². The summed E-state index contributed by atoms with van der Waals surface area (Å²) in [6.45, 7) is 2.01. The number of hydrogen-bond donors (Lipinski definition) is 1. The molecule has 1 aromatic heterocycles. The minimum absolute atomic E-state index is 0.0734. The van der Waals surface area contributed by atoms with E-state index in [9.17, 15) is 19.1 Å². The fraction of sp³-hybridized carbons (Fsp3) is 0.304. The molecule has 3 aromatic rings. The first-order valence-electron chi connectivity index (χ1n) is 9.81. The fourth-order valence-corrected chi connectivity index (χ4v) is 3.66. The number of halogens is 1. The number of nitrogens with zero attached hydrogens (tertiary/aromatic N) is 2. The molecule has 1 aliphatic rings. The third-order valence-corrected chi connectivity index (χ3v) is 5.46. The summed E-state index contributed by atoms with van der Waals surface area (Å²) in [6, 6.07) is 16.0. The highest BCUT2D eigenvalue weighted by Crippen LogP contribution is 2.31. The van der Waals surface area contributed by atoms with E-state index in [0.717, 1.165) is 23.7 Å². The number of aromatic nitrogens is 1. The molecule has 1 fully saturated rings. The molecule has 1 N–H and O–H groups in total. The van der Waals surface area contributed by atoms with Gasteiger partial charge in [0, 0.05) is 29.1 Å². The number of aliphatic carboxylic acids is 1. The summed E-state index contributed by atoms with van der Waals surface area (Å²) in [5.74, 6) is -2.09. The smallest absolute Gasteiger partial charge is 0.308 e. The van der Waals surface area contributed by atoms with Crippen LogP contribution in [0.3, 0.4) is 0 Å². The summed E-state index contributed by atoms with van der Waals surface area (Å²) in [7, 11) is 0. The second kappa shape index (κ2) is 7.70. The Morgan fingerprint density at radius 1 is 1.17 bits per heavy atom. The summed E-state index contributed by atoms with van der Waals surface area (Å²) in [6.07, 6.45) is 1.76. The molecule has 1 aliphatic carbocycles. The minimum atomic E-state index is -0.921. The van der Waals surface area contributed by atoms with Crippen LogP contribution in [0.2, 0.25) is 0 Å². The lowest BCUT2D eigenvalue weighted by Crippen LogP contribution is -2.39. The number of para-hydroxylation sites is 1. The van der Waals surface area contributed by atoms with Crippen LogP contribution in [0.4, 0.5) is 4.39 Å². The van der Waals surface area contributed by atoms with Crippen molar-refractivity contribution >= 4 is 22.8 Å². The summed E-state index contributed by atoms with van der Waals surface area (Å²) in [4.78, 5) is 26.5. The van der Waals surface area contributed by atoms with Gasteiger partial charge in [0.25, 0.3) is 5.91 Å². The molecule has 1 unspecified atom stereocenters. The number of carbonyl (C=O) groups is 2. The van der Waals surface area contributed by atoms with Crippen molar-refractivity contribution in [2.24, 2.45) is 5.92 Å². The minimum Gasteiger partial charge on any atom is -0.481 e. The standard InChI is InChI=1S/C23H23FN2O3/c1-15(23(28)29)13-25(18-10-11-18)22(27)21-12-16-6-3-5-9-20(16)26(21)14-17-7-2-4-8-19(17)24/h2-9,12,15,18H,10-11,13-14H2,1H3,(H,28,29). The van der Waals surface area contributed by atoms with Gasteiger partial charge in [0.05, 0.1) is 12.5 Å². The fourth-order valence-electron chi connectivity index (χ4n) is 3.66. The Kier molecular flexibility index (Phi) is 5.09. The molecular weight excluding hydrogens is 371 g/mol. The predicted molar refractivity (Wildman–Crippen MR) is 108 cm³/mol. The van der Waals surface area contributed by atoms with Crippen LogP contribution >= 0.6 is 0 Å². The highest BCUT2D eigenvalue weighted by Gasteiger charge is 2.36. The van der Waals surface area contributed by atoms with Gasteiger partial charge in [-0.05, 0) is 31.0 Å². The lowest BCUT2D eigenvalue weighted by molar-refractivity contribution is -0.141. The predicted octanol–water partition coefficient (Wildman–Crippen LogP) is 4.15. The van der Waals surface area contributed by atoms with Gasteiger partial charge in [-0.1, -0.05) is 43.3 Å². The molecule has 0 radical (unpaired) electrons. The molecule has 29 heavy (non-hydrogen) atoms. The summed E-state index contributed by atoms with van der Waals surface area (Å²) in [5, 5.41) is 10.2. The zero-order chi connectivity index (χ0) is 20.5. The normalized spacial score (nSPS) is 14.7. The van der Waals surface area contributed by atoms with Gasteiger partial charge in [0.2, 0.25) is 0 Å². The first kappa shape index (κ1) is 19.2. The number of amides is 1.